The molecule has 21 heavy (non-hydrogen) atoms. The van der Waals surface area contributed by atoms with E-state index >= 15 is 0 Å². The lowest BCUT2D eigenvalue weighted by molar-refractivity contribution is 0.0693. The lowest BCUT2D eigenvalue weighted by Crippen LogP contribution is -2.31. The van der Waals surface area contributed by atoms with Gasteiger partial charge in [0.15, 0.2) is 5.75 Å². The average Bonchev–Trinajstić information content (AvgIpc) is 2.94. The van der Waals surface area contributed by atoms with Gasteiger partial charge in [0.1, 0.15) is 5.56 Å². The molecule has 0 saturated carbocycles. The zero-order valence-corrected chi connectivity index (χ0v) is 11.5. The Morgan fingerprint density at radius 3 is 2.86 bits per heavy atom. The van der Waals surface area contributed by atoms with Crippen LogP contribution in [0.3, 0.4) is 0 Å². The summed E-state index contributed by atoms with van der Waals surface area (Å²) in [6.07, 6.45) is 2.97. The Balaban J connectivity index is 1.84. The second-order valence-electron chi connectivity index (χ2n) is 4.81. The van der Waals surface area contributed by atoms with Gasteiger partial charge in [-0.15, -0.1) is 0 Å². The van der Waals surface area contributed by atoms with Crippen LogP contribution in [0.4, 0.5) is 10.5 Å². The van der Waals surface area contributed by atoms with Gasteiger partial charge in [-0.2, -0.15) is 0 Å². The number of hydrogen-bond donors (Lipinski definition) is 4. The van der Waals surface area contributed by atoms with Crippen LogP contribution in [0, 0.1) is 0 Å². The molecule has 1 fully saturated rings. The van der Waals surface area contributed by atoms with Crippen molar-refractivity contribution < 1.29 is 24.5 Å². The highest BCUT2D eigenvalue weighted by molar-refractivity contribution is 5.97. The van der Waals surface area contributed by atoms with Crippen LogP contribution in [0.5, 0.6) is 5.75 Å². The quantitative estimate of drug-likeness (QED) is 0.619. The van der Waals surface area contributed by atoms with Gasteiger partial charge in [0, 0.05) is 13.2 Å². The van der Waals surface area contributed by atoms with Crippen LogP contribution in [0.1, 0.15) is 29.6 Å². The van der Waals surface area contributed by atoms with Crippen molar-refractivity contribution in [2.75, 3.05) is 18.5 Å². The van der Waals surface area contributed by atoms with Gasteiger partial charge in [0.25, 0.3) is 0 Å². The summed E-state index contributed by atoms with van der Waals surface area (Å²) in [5.41, 5.74) is -0.198. The number of phenols is 1. The first-order valence-corrected chi connectivity index (χ1v) is 6.79. The fourth-order valence-electron chi connectivity index (χ4n) is 2.20. The van der Waals surface area contributed by atoms with E-state index in [1.807, 2.05) is 0 Å². The van der Waals surface area contributed by atoms with Gasteiger partial charge in [0.2, 0.25) is 0 Å². The number of carbonyl (C=O) groups excluding carboxylic acids is 1. The van der Waals surface area contributed by atoms with E-state index in [1.54, 1.807) is 0 Å². The second-order valence-corrected chi connectivity index (χ2v) is 4.81. The topological polar surface area (TPSA) is 108 Å². The van der Waals surface area contributed by atoms with Crippen molar-refractivity contribution in [3.63, 3.8) is 0 Å². The fourth-order valence-corrected chi connectivity index (χ4v) is 2.20. The number of anilines is 1. The number of nitrogens with one attached hydrogen (secondary N) is 2. The summed E-state index contributed by atoms with van der Waals surface area (Å²) >= 11 is 0. The zero-order valence-electron chi connectivity index (χ0n) is 11.5. The van der Waals surface area contributed by atoms with Crippen LogP contribution in [-0.4, -0.2) is 41.5 Å². The largest absolute Gasteiger partial charge is 0.505 e. The van der Waals surface area contributed by atoms with E-state index in [-0.39, 0.29) is 17.4 Å². The molecule has 1 aliphatic heterocycles. The Morgan fingerprint density at radius 2 is 2.19 bits per heavy atom. The van der Waals surface area contributed by atoms with E-state index in [1.165, 1.54) is 18.2 Å². The maximum atomic E-state index is 11.7. The van der Waals surface area contributed by atoms with Crippen LogP contribution in [0.2, 0.25) is 0 Å². The van der Waals surface area contributed by atoms with E-state index in [4.69, 9.17) is 9.84 Å². The van der Waals surface area contributed by atoms with E-state index in [2.05, 4.69) is 10.6 Å². The average molecular weight is 294 g/mol. The van der Waals surface area contributed by atoms with E-state index < -0.39 is 17.7 Å². The highest BCUT2D eigenvalue weighted by Gasteiger charge is 2.16. The number of aromatic carboxylic acids is 1. The zero-order chi connectivity index (χ0) is 15.2. The van der Waals surface area contributed by atoms with Gasteiger partial charge >= 0.3 is 12.0 Å². The summed E-state index contributed by atoms with van der Waals surface area (Å²) < 4.78 is 5.44. The summed E-state index contributed by atoms with van der Waals surface area (Å²) in [5, 5.41) is 23.7. The Kier molecular flexibility index (Phi) is 4.99. The molecule has 1 aliphatic rings. The lowest BCUT2D eigenvalue weighted by atomic mass is 10.1. The first-order chi connectivity index (χ1) is 10.1. The summed E-state index contributed by atoms with van der Waals surface area (Å²) in [6.45, 7) is 1.22. The molecular weight excluding hydrogens is 276 g/mol. The van der Waals surface area contributed by atoms with Gasteiger partial charge in [-0.1, -0.05) is 6.07 Å². The maximum Gasteiger partial charge on any atom is 0.339 e. The van der Waals surface area contributed by atoms with Crippen molar-refractivity contribution >= 4 is 17.7 Å². The van der Waals surface area contributed by atoms with Gasteiger partial charge in [0.05, 0.1) is 11.8 Å². The van der Waals surface area contributed by atoms with Crippen molar-refractivity contribution in [2.45, 2.75) is 25.4 Å². The maximum absolute atomic E-state index is 11.7. The molecule has 0 aromatic heterocycles. The van der Waals surface area contributed by atoms with Crippen molar-refractivity contribution in [1.82, 2.24) is 5.32 Å². The minimum atomic E-state index is -1.25. The number of amides is 2. The number of urea groups is 1. The van der Waals surface area contributed by atoms with E-state index in [9.17, 15) is 14.7 Å². The molecule has 1 aromatic carbocycles. The van der Waals surface area contributed by atoms with Crippen molar-refractivity contribution in [1.29, 1.82) is 0 Å². The monoisotopic (exact) mass is 294 g/mol. The number of aromatic hydroxyl groups is 1. The number of hydrogen-bond acceptors (Lipinski definition) is 4. The molecule has 4 N–H and O–H groups in total. The molecule has 2 rings (SSSR count). The number of carbonyl (C=O) groups is 2. The van der Waals surface area contributed by atoms with Crippen LogP contribution in [-0.2, 0) is 4.74 Å². The molecule has 1 atom stereocenters. The minimum Gasteiger partial charge on any atom is -0.505 e. The summed E-state index contributed by atoms with van der Waals surface area (Å²) in [4.78, 5) is 22.6. The standard InChI is InChI=1S/C14H18N2O5/c17-12-10(13(18)19)4-1-5-11(12)16-14(20)15-7-6-9-3-2-8-21-9/h1,4-5,9,17H,2-3,6-8H2,(H,18,19)(H2,15,16,20). The number of carboxylic acids is 1. The number of rotatable bonds is 5. The molecule has 0 bridgehead atoms. The van der Waals surface area contributed by atoms with Crippen LogP contribution in [0.25, 0.3) is 0 Å². The number of ether oxygens (including phenoxy) is 1. The van der Waals surface area contributed by atoms with Gasteiger partial charge in [-0.05, 0) is 31.4 Å². The Hall–Kier alpha value is -2.28. The summed E-state index contributed by atoms with van der Waals surface area (Å²) in [7, 11) is 0. The molecule has 1 aromatic rings. The second kappa shape index (κ2) is 6.94. The normalized spacial score (nSPS) is 17.4. The number of para-hydroxylation sites is 1. The highest BCUT2D eigenvalue weighted by atomic mass is 16.5. The number of benzene rings is 1. The fraction of sp³-hybridized carbons (Fsp3) is 0.429. The molecule has 0 radical (unpaired) electrons. The minimum absolute atomic E-state index is 0.0597. The Morgan fingerprint density at radius 1 is 1.38 bits per heavy atom. The van der Waals surface area contributed by atoms with E-state index in [0.29, 0.717) is 6.54 Å². The molecule has 1 saturated heterocycles. The van der Waals surface area contributed by atoms with Crippen LogP contribution < -0.4 is 10.6 Å². The SMILES string of the molecule is O=C(NCCC1CCCO1)Nc1cccc(C(=O)O)c1O. The van der Waals surface area contributed by atoms with Crippen LogP contribution in [0.15, 0.2) is 18.2 Å². The first-order valence-electron chi connectivity index (χ1n) is 6.79. The van der Waals surface area contributed by atoms with Crippen molar-refractivity contribution in [3.05, 3.63) is 23.8 Å². The van der Waals surface area contributed by atoms with Gasteiger partial charge in [-0.25, -0.2) is 9.59 Å². The third-order valence-corrected chi connectivity index (χ3v) is 3.29. The molecule has 114 valence electrons. The molecule has 1 unspecified atom stereocenters. The third-order valence-electron chi connectivity index (χ3n) is 3.29. The molecule has 2 amide bonds. The number of carboxylic acid groups (broad SMARTS) is 1. The summed E-state index contributed by atoms with van der Waals surface area (Å²) in [6, 6.07) is 3.65. The highest BCUT2D eigenvalue weighted by Crippen LogP contribution is 2.27. The molecule has 7 nitrogen and oxygen atoms in total. The predicted octanol–water partition coefficient (Wildman–Crippen LogP) is 1.78. The first kappa shape index (κ1) is 15.1. The lowest BCUT2D eigenvalue weighted by Gasteiger charge is -2.12. The Bertz CT molecular complexity index is 526. The van der Waals surface area contributed by atoms with Gasteiger partial charge in [-0.3, -0.25) is 0 Å². The van der Waals surface area contributed by atoms with Gasteiger partial charge < -0.3 is 25.6 Å². The molecular formula is C14H18N2O5. The molecule has 0 aliphatic carbocycles. The van der Waals surface area contributed by atoms with E-state index in [0.717, 1.165) is 25.9 Å². The van der Waals surface area contributed by atoms with Crippen LogP contribution >= 0.6 is 0 Å². The molecule has 0 spiro atoms. The molecule has 7 heteroatoms. The smallest absolute Gasteiger partial charge is 0.339 e. The predicted molar refractivity (Wildman–Crippen MR) is 75.7 cm³/mol. The Labute approximate surface area is 121 Å². The third kappa shape index (κ3) is 4.09. The van der Waals surface area contributed by atoms with Crippen molar-refractivity contribution in [2.24, 2.45) is 0 Å². The summed E-state index contributed by atoms with van der Waals surface area (Å²) in [5.74, 6) is -1.71. The van der Waals surface area contributed by atoms with Crippen molar-refractivity contribution in [3.8, 4) is 5.75 Å². The molecule has 1 heterocycles.